The zero-order valence-electron chi connectivity index (χ0n) is 9.97. The highest BCUT2D eigenvalue weighted by Crippen LogP contribution is 2.43. The van der Waals surface area contributed by atoms with Crippen molar-refractivity contribution in [3.8, 4) is 0 Å². The molecule has 0 saturated heterocycles. The molecule has 1 aromatic carbocycles. The topological polar surface area (TPSA) is 29.1 Å². The van der Waals surface area contributed by atoms with Crippen molar-refractivity contribution in [2.45, 2.75) is 12.2 Å². The number of rotatable bonds is 1. The van der Waals surface area contributed by atoms with Gasteiger partial charge in [-0.05, 0) is 30.0 Å². The Balaban J connectivity index is 2.11. The first-order valence-electron chi connectivity index (χ1n) is 5.79. The fourth-order valence-corrected chi connectivity index (χ4v) is 4.22. The molecule has 0 radical (unpaired) electrons. The predicted molar refractivity (Wildman–Crippen MR) is 78.4 cm³/mol. The first-order chi connectivity index (χ1) is 8.74. The fourth-order valence-electron chi connectivity index (χ4n) is 2.12. The van der Waals surface area contributed by atoms with Crippen LogP contribution in [0.25, 0.3) is 0 Å². The van der Waals surface area contributed by atoms with Crippen LogP contribution in [0.4, 0.5) is 5.69 Å². The number of fused-ring (bicyclic) bond motifs is 1. The molecular formula is C14H13NOS2. The molecule has 1 aromatic heterocycles. The molecule has 1 N–H and O–H groups in total. The van der Waals surface area contributed by atoms with Crippen LogP contribution >= 0.6 is 23.1 Å². The lowest BCUT2D eigenvalue weighted by Gasteiger charge is -2.15. The number of thiophene rings is 1. The number of anilines is 1. The van der Waals surface area contributed by atoms with Gasteiger partial charge in [-0.1, -0.05) is 23.8 Å². The van der Waals surface area contributed by atoms with E-state index in [0.29, 0.717) is 5.75 Å². The second-order valence-electron chi connectivity index (χ2n) is 4.35. The van der Waals surface area contributed by atoms with Gasteiger partial charge in [-0.3, -0.25) is 4.79 Å². The summed E-state index contributed by atoms with van der Waals surface area (Å²) in [5.41, 5.74) is 3.40. The number of thioether (sulfide) groups is 1. The molecule has 0 bridgehead atoms. The monoisotopic (exact) mass is 275 g/mol. The van der Waals surface area contributed by atoms with E-state index in [0.717, 1.165) is 5.69 Å². The molecule has 2 aromatic rings. The molecule has 1 aliphatic rings. The second-order valence-corrected chi connectivity index (χ2v) is 6.42. The van der Waals surface area contributed by atoms with Gasteiger partial charge in [0, 0.05) is 10.6 Å². The van der Waals surface area contributed by atoms with Gasteiger partial charge in [-0.25, -0.2) is 0 Å². The first-order valence-corrected chi connectivity index (χ1v) is 7.72. The third-order valence-corrected chi connectivity index (χ3v) is 5.30. The molecule has 1 amide bonds. The Labute approximate surface area is 114 Å². The summed E-state index contributed by atoms with van der Waals surface area (Å²) in [5.74, 6) is 0.597. The van der Waals surface area contributed by atoms with Crippen molar-refractivity contribution in [1.29, 1.82) is 0 Å². The number of hydrogen-bond donors (Lipinski definition) is 1. The number of aryl methyl sites for hydroxylation is 1. The molecule has 2 nitrogen and oxygen atoms in total. The van der Waals surface area contributed by atoms with E-state index >= 15 is 0 Å². The van der Waals surface area contributed by atoms with Crippen LogP contribution in [0.15, 0.2) is 35.7 Å². The summed E-state index contributed by atoms with van der Waals surface area (Å²) in [6.07, 6.45) is 0. The van der Waals surface area contributed by atoms with Crippen LogP contribution < -0.4 is 5.32 Å². The zero-order valence-corrected chi connectivity index (χ0v) is 11.6. The summed E-state index contributed by atoms with van der Waals surface area (Å²) in [7, 11) is 0. The number of nitrogens with one attached hydrogen (secondary N) is 1. The third-order valence-electron chi connectivity index (χ3n) is 2.95. The van der Waals surface area contributed by atoms with E-state index in [2.05, 4.69) is 35.8 Å². The zero-order chi connectivity index (χ0) is 12.5. The van der Waals surface area contributed by atoms with Crippen molar-refractivity contribution < 1.29 is 4.79 Å². The molecule has 1 unspecified atom stereocenters. The van der Waals surface area contributed by atoms with Crippen molar-refractivity contribution in [3.63, 3.8) is 0 Å². The summed E-state index contributed by atoms with van der Waals surface area (Å²) >= 11 is 3.45. The van der Waals surface area contributed by atoms with Gasteiger partial charge < -0.3 is 5.32 Å². The average molecular weight is 275 g/mol. The maximum atomic E-state index is 11.7. The van der Waals surface area contributed by atoms with Gasteiger partial charge in [0.2, 0.25) is 5.91 Å². The van der Waals surface area contributed by atoms with E-state index in [9.17, 15) is 4.79 Å². The first kappa shape index (κ1) is 11.8. The standard InChI is InChI=1S/C14H13NOS2/c1-9-4-5-11-10(7-9)14(12-3-2-6-17-12)18-8-13(16)15-11/h2-7,14H,8H2,1H3,(H,15,16). The summed E-state index contributed by atoms with van der Waals surface area (Å²) in [4.78, 5) is 13.0. The SMILES string of the molecule is Cc1ccc2c(c1)C(c1cccs1)SCC(=O)N2. The second kappa shape index (κ2) is 4.78. The highest BCUT2D eigenvalue weighted by Gasteiger charge is 2.24. The minimum absolute atomic E-state index is 0.0872. The summed E-state index contributed by atoms with van der Waals surface area (Å²) in [6.45, 7) is 2.09. The van der Waals surface area contributed by atoms with Crippen molar-refractivity contribution in [2.24, 2.45) is 0 Å². The van der Waals surface area contributed by atoms with Crippen molar-refractivity contribution in [2.75, 3.05) is 11.1 Å². The van der Waals surface area contributed by atoms with Crippen molar-refractivity contribution in [1.82, 2.24) is 0 Å². The van der Waals surface area contributed by atoms with Crippen LogP contribution in [0.5, 0.6) is 0 Å². The lowest BCUT2D eigenvalue weighted by Crippen LogP contribution is -2.12. The molecule has 4 heteroatoms. The molecule has 1 aliphatic heterocycles. The maximum absolute atomic E-state index is 11.7. The Hall–Kier alpha value is -1.26. The number of benzene rings is 1. The molecule has 92 valence electrons. The van der Waals surface area contributed by atoms with Crippen molar-refractivity contribution >= 4 is 34.7 Å². The molecule has 0 saturated carbocycles. The van der Waals surface area contributed by atoms with E-state index < -0.39 is 0 Å². The Bertz CT molecular complexity index is 577. The highest BCUT2D eigenvalue weighted by atomic mass is 32.2. The number of carbonyl (C=O) groups is 1. The maximum Gasteiger partial charge on any atom is 0.234 e. The van der Waals surface area contributed by atoms with E-state index in [4.69, 9.17) is 0 Å². The van der Waals surface area contributed by atoms with Gasteiger partial charge in [0.1, 0.15) is 0 Å². The highest BCUT2D eigenvalue weighted by molar-refractivity contribution is 8.00. The number of amides is 1. The quantitative estimate of drug-likeness (QED) is 0.857. The predicted octanol–water partition coefficient (Wildman–Crippen LogP) is 3.83. The lowest BCUT2D eigenvalue weighted by molar-refractivity contribution is -0.113. The molecule has 0 spiro atoms. The Morgan fingerprint density at radius 2 is 2.22 bits per heavy atom. The Kier molecular flexibility index (Phi) is 3.14. The minimum Gasteiger partial charge on any atom is -0.325 e. The van der Waals surface area contributed by atoms with Gasteiger partial charge in [0.25, 0.3) is 0 Å². The third kappa shape index (κ3) is 2.18. The van der Waals surface area contributed by atoms with Crippen LogP contribution in [0.2, 0.25) is 0 Å². The van der Waals surface area contributed by atoms with Gasteiger partial charge in [-0.2, -0.15) is 0 Å². The minimum atomic E-state index is 0.0872. The lowest BCUT2D eigenvalue weighted by atomic mass is 10.0. The average Bonchev–Trinajstić information content (AvgIpc) is 2.81. The van der Waals surface area contributed by atoms with E-state index in [1.165, 1.54) is 16.0 Å². The van der Waals surface area contributed by atoms with Gasteiger partial charge >= 0.3 is 0 Å². The van der Waals surface area contributed by atoms with Crippen LogP contribution in [-0.2, 0) is 4.79 Å². The van der Waals surface area contributed by atoms with Gasteiger partial charge in [0.15, 0.2) is 0 Å². The van der Waals surface area contributed by atoms with Crippen LogP contribution in [0, 0.1) is 6.92 Å². The number of carbonyl (C=O) groups excluding carboxylic acids is 1. The summed E-state index contributed by atoms with van der Waals surface area (Å²) in [5, 5.41) is 5.34. The molecule has 2 heterocycles. The molecular weight excluding hydrogens is 262 g/mol. The normalized spacial score (nSPS) is 18.9. The van der Waals surface area contributed by atoms with Crippen LogP contribution in [-0.4, -0.2) is 11.7 Å². The molecule has 1 atom stereocenters. The summed E-state index contributed by atoms with van der Waals surface area (Å²) < 4.78 is 0. The van der Waals surface area contributed by atoms with Crippen LogP contribution in [0.1, 0.15) is 21.3 Å². The fraction of sp³-hybridized carbons (Fsp3) is 0.214. The molecule has 0 fully saturated rings. The Morgan fingerprint density at radius 3 is 3.00 bits per heavy atom. The van der Waals surface area contributed by atoms with E-state index in [1.807, 2.05) is 12.1 Å². The molecule has 3 rings (SSSR count). The van der Waals surface area contributed by atoms with Gasteiger partial charge in [-0.15, -0.1) is 23.1 Å². The molecule has 0 aliphatic carbocycles. The smallest absolute Gasteiger partial charge is 0.234 e. The van der Waals surface area contributed by atoms with Crippen LogP contribution in [0.3, 0.4) is 0 Å². The summed E-state index contributed by atoms with van der Waals surface area (Å²) in [6, 6.07) is 10.4. The van der Waals surface area contributed by atoms with E-state index in [1.54, 1.807) is 23.1 Å². The van der Waals surface area contributed by atoms with E-state index in [-0.39, 0.29) is 11.2 Å². The number of hydrogen-bond acceptors (Lipinski definition) is 3. The largest absolute Gasteiger partial charge is 0.325 e. The molecule has 18 heavy (non-hydrogen) atoms. The van der Waals surface area contributed by atoms with Crippen molar-refractivity contribution in [3.05, 3.63) is 51.7 Å². The van der Waals surface area contributed by atoms with Gasteiger partial charge in [0.05, 0.1) is 11.0 Å². The Morgan fingerprint density at radius 1 is 1.33 bits per heavy atom.